The second-order valence-electron chi connectivity index (χ2n) is 2.43. The van der Waals surface area contributed by atoms with E-state index in [0.29, 0.717) is 11.4 Å². The fourth-order valence-corrected chi connectivity index (χ4v) is 0.936. The van der Waals surface area contributed by atoms with Gasteiger partial charge in [0.1, 0.15) is 0 Å². The highest BCUT2D eigenvalue weighted by Gasteiger charge is 2.08. The number of nitrogens with one attached hydrogen (secondary N) is 1. The third-order valence-corrected chi connectivity index (χ3v) is 1.54. The molecule has 4 heteroatoms. The molecular weight excluding hydrogens is 156 g/mol. The van der Waals surface area contributed by atoms with Gasteiger partial charge in [0.15, 0.2) is 0 Å². The fourth-order valence-electron chi connectivity index (χ4n) is 0.936. The Kier molecular flexibility index (Phi) is 2.28. The number of pyridine rings is 1. The quantitative estimate of drug-likeness (QED) is 0.691. The van der Waals surface area contributed by atoms with Crippen LogP contribution in [0.25, 0.3) is 0 Å². The first-order chi connectivity index (χ1) is 5.65. The smallest absolute Gasteiger partial charge is 0.337 e. The minimum Gasteiger partial charge on any atom is -0.478 e. The van der Waals surface area contributed by atoms with E-state index in [0.717, 1.165) is 0 Å². The molecule has 1 aromatic heterocycles. The molecule has 0 aliphatic rings. The zero-order chi connectivity index (χ0) is 9.14. The van der Waals surface area contributed by atoms with Crippen LogP contribution in [-0.2, 0) is 0 Å². The number of hydrogen-bond donors (Lipinski definition) is 2. The first-order valence-electron chi connectivity index (χ1n) is 3.53. The Balaban J connectivity index is 3.21. The van der Waals surface area contributed by atoms with E-state index < -0.39 is 5.97 Å². The van der Waals surface area contributed by atoms with E-state index in [1.54, 1.807) is 14.0 Å². The first kappa shape index (κ1) is 8.52. The van der Waals surface area contributed by atoms with Crippen molar-refractivity contribution < 1.29 is 9.90 Å². The van der Waals surface area contributed by atoms with E-state index in [1.807, 2.05) is 0 Å². The maximum absolute atomic E-state index is 10.7. The second-order valence-corrected chi connectivity index (χ2v) is 2.43. The van der Waals surface area contributed by atoms with Crippen LogP contribution in [0.15, 0.2) is 12.3 Å². The molecule has 0 aliphatic carbocycles. The molecule has 12 heavy (non-hydrogen) atoms. The lowest BCUT2D eigenvalue weighted by Crippen LogP contribution is -2.03. The molecule has 0 saturated heterocycles. The van der Waals surface area contributed by atoms with Gasteiger partial charge in [0, 0.05) is 12.7 Å². The van der Waals surface area contributed by atoms with E-state index in [-0.39, 0.29) is 5.56 Å². The number of aryl methyl sites for hydroxylation is 1. The Labute approximate surface area is 70.3 Å². The summed E-state index contributed by atoms with van der Waals surface area (Å²) in [7, 11) is 1.67. The van der Waals surface area contributed by atoms with E-state index in [1.165, 1.54) is 12.3 Å². The van der Waals surface area contributed by atoms with Gasteiger partial charge in [-0.05, 0) is 13.0 Å². The Hall–Kier alpha value is -1.58. The maximum Gasteiger partial charge on any atom is 0.337 e. The summed E-state index contributed by atoms with van der Waals surface area (Å²) in [4.78, 5) is 14.6. The first-order valence-corrected chi connectivity index (χ1v) is 3.53. The van der Waals surface area contributed by atoms with Crippen molar-refractivity contribution >= 4 is 11.7 Å². The Morgan fingerprint density at radius 3 is 2.83 bits per heavy atom. The zero-order valence-electron chi connectivity index (χ0n) is 6.96. The van der Waals surface area contributed by atoms with Crippen molar-refractivity contribution in [1.82, 2.24) is 4.98 Å². The lowest BCUT2D eigenvalue weighted by molar-refractivity contribution is 0.0697. The summed E-state index contributed by atoms with van der Waals surface area (Å²) in [6.07, 6.45) is 1.51. The van der Waals surface area contributed by atoms with Crippen LogP contribution in [0.3, 0.4) is 0 Å². The molecule has 1 heterocycles. The standard InChI is InChI=1S/C8H10N2O2/c1-5-3-6(8(11)12)7(9-2)4-10-5/h3-4,9H,1-2H3,(H,11,12). The highest BCUT2D eigenvalue weighted by molar-refractivity contribution is 5.94. The summed E-state index contributed by atoms with van der Waals surface area (Å²) in [6.45, 7) is 1.76. The van der Waals surface area contributed by atoms with Crippen LogP contribution >= 0.6 is 0 Å². The van der Waals surface area contributed by atoms with E-state index in [9.17, 15) is 4.79 Å². The largest absolute Gasteiger partial charge is 0.478 e. The van der Waals surface area contributed by atoms with E-state index >= 15 is 0 Å². The van der Waals surface area contributed by atoms with Gasteiger partial charge in [0.25, 0.3) is 0 Å². The Morgan fingerprint density at radius 1 is 1.67 bits per heavy atom. The van der Waals surface area contributed by atoms with Gasteiger partial charge in [0.05, 0.1) is 17.4 Å². The average molecular weight is 166 g/mol. The summed E-state index contributed by atoms with van der Waals surface area (Å²) in [5.74, 6) is -0.940. The minimum absolute atomic E-state index is 0.255. The highest BCUT2D eigenvalue weighted by atomic mass is 16.4. The number of carbonyl (C=O) groups is 1. The molecule has 1 rings (SSSR count). The Bertz CT molecular complexity index is 310. The van der Waals surface area contributed by atoms with Crippen molar-refractivity contribution in [2.24, 2.45) is 0 Å². The fraction of sp³-hybridized carbons (Fsp3) is 0.250. The molecule has 4 nitrogen and oxygen atoms in total. The van der Waals surface area contributed by atoms with Gasteiger partial charge < -0.3 is 10.4 Å². The van der Waals surface area contributed by atoms with Gasteiger partial charge in [-0.2, -0.15) is 0 Å². The topological polar surface area (TPSA) is 62.2 Å². The third kappa shape index (κ3) is 1.53. The summed E-state index contributed by atoms with van der Waals surface area (Å²) in [5.41, 5.74) is 1.49. The number of carboxylic acid groups (broad SMARTS) is 1. The molecular formula is C8H10N2O2. The van der Waals surface area contributed by atoms with Crippen LogP contribution in [0.1, 0.15) is 16.1 Å². The van der Waals surface area contributed by atoms with Crippen LogP contribution < -0.4 is 5.32 Å². The van der Waals surface area contributed by atoms with Gasteiger partial charge in [-0.1, -0.05) is 0 Å². The molecule has 0 saturated carbocycles. The number of aromatic carboxylic acids is 1. The lowest BCUT2D eigenvalue weighted by atomic mass is 10.2. The minimum atomic E-state index is -0.940. The van der Waals surface area contributed by atoms with Crippen LogP contribution in [0.2, 0.25) is 0 Å². The van der Waals surface area contributed by atoms with Gasteiger partial charge in [-0.25, -0.2) is 4.79 Å². The molecule has 0 fully saturated rings. The average Bonchev–Trinajstić information content (AvgIpc) is 2.04. The predicted octanol–water partition coefficient (Wildman–Crippen LogP) is 1.13. The third-order valence-electron chi connectivity index (χ3n) is 1.54. The molecule has 0 aromatic carbocycles. The van der Waals surface area contributed by atoms with Crippen LogP contribution in [-0.4, -0.2) is 23.1 Å². The van der Waals surface area contributed by atoms with Crippen molar-refractivity contribution in [3.05, 3.63) is 23.5 Å². The molecule has 64 valence electrons. The normalized spacial score (nSPS) is 9.50. The molecule has 1 aromatic rings. The number of rotatable bonds is 2. The summed E-state index contributed by atoms with van der Waals surface area (Å²) >= 11 is 0. The second kappa shape index (κ2) is 3.21. The van der Waals surface area contributed by atoms with Gasteiger partial charge in [-0.15, -0.1) is 0 Å². The van der Waals surface area contributed by atoms with E-state index in [4.69, 9.17) is 5.11 Å². The molecule has 0 amide bonds. The maximum atomic E-state index is 10.7. The number of hydrogen-bond acceptors (Lipinski definition) is 3. The summed E-state index contributed by atoms with van der Waals surface area (Å²) < 4.78 is 0. The van der Waals surface area contributed by atoms with Crippen LogP contribution in [0.4, 0.5) is 5.69 Å². The van der Waals surface area contributed by atoms with Crippen molar-refractivity contribution in [2.45, 2.75) is 6.92 Å². The van der Waals surface area contributed by atoms with Crippen molar-refractivity contribution in [1.29, 1.82) is 0 Å². The highest BCUT2D eigenvalue weighted by Crippen LogP contribution is 2.13. The number of aromatic nitrogens is 1. The van der Waals surface area contributed by atoms with E-state index in [2.05, 4.69) is 10.3 Å². The monoisotopic (exact) mass is 166 g/mol. The van der Waals surface area contributed by atoms with Gasteiger partial charge in [-0.3, -0.25) is 4.98 Å². The molecule has 0 radical (unpaired) electrons. The lowest BCUT2D eigenvalue weighted by Gasteiger charge is -2.04. The molecule has 0 bridgehead atoms. The van der Waals surface area contributed by atoms with Crippen molar-refractivity contribution in [3.8, 4) is 0 Å². The van der Waals surface area contributed by atoms with Crippen molar-refractivity contribution in [2.75, 3.05) is 12.4 Å². The van der Waals surface area contributed by atoms with Gasteiger partial charge >= 0.3 is 5.97 Å². The predicted molar refractivity (Wildman–Crippen MR) is 45.5 cm³/mol. The molecule has 0 unspecified atom stereocenters. The SMILES string of the molecule is CNc1cnc(C)cc1C(=O)O. The van der Waals surface area contributed by atoms with Gasteiger partial charge in [0.2, 0.25) is 0 Å². The zero-order valence-corrected chi connectivity index (χ0v) is 6.96. The summed E-state index contributed by atoms with van der Waals surface area (Å²) in [5, 5.41) is 11.5. The molecule has 0 atom stereocenters. The van der Waals surface area contributed by atoms with Crippen LogP contribution in [0.5, 0.6) is 0 Å². The molecule has 2 N–H and O–H groups in total. The number of nitrogens with zero attached hydrogens (tertiary/aromatic N) is 1. The molecule has 0 aliphatic heterocycles. The Morgan fingerprint density at radius 2 is 2.33 bits per heavy atom. The number of anilines is 1. The summed E-state index contributed by atoms with van der Waals surface area (Å²) in [6, 6.07) is 1.54. The number of carboxylic acids is 1. The molecule has 0 spiro atoms. The van der Waals surface area contributed by atoms with Crippen LogP contribution in [0, 0.1) is 6.92 Å². The van der Waals surface area contributed by atoms with Crippen molar-refractivity contribution in [3.63, 3.8) is 0 Å².